The summed E-state index contributed by atoms with van der Waals surface area (Å²) in [6.45, 7) is 14.8. The lowest BCUT2D eigenvalue weighted by Gasteiger charge is -2.29. The molecule has 4 aromatic carbocycles. The van der Waals surface area contributed by atoms with Gasteiger partial charge in [-0.25, -0.2) is 0 Å². The van der Waals surface area contributed by atoms with Crippen molar-refractivity contribution in [3.63, 3.8) is 0 Å². The first-order chi connectivity index (χ1) is 50.0. The van der Waals surface area contributed by atoms with Gasteiger partial charge in [0.25, 0.3) is 0 Å². The summed E-state index contributed by atoms with van der Waals surface area (Å²) in [6.07, 6.45) is 3.80. The predicted molar refractivity (Wildman–Crippen MR) is 396 cm³/mol. The number of amides is 2. The highest BCUT2D eigenvalue weighted by Gasteiger charge is 2.29. The zero-order valence-corrected chi connectivity index (χ0v) is 61.5. The van der Waals surface area contributed by atoms with E-state index in [1.54, 1.807) is 38.5 Å². The van der Waals surface area contributed by atoms with E-state index in [0.717, 1.165) is 45.4 Å². The zero-order valence-electron chi connectivity index (χ0n) is 61.5. The maximum Gasteiger partial charge on any atom is 0.223 e. The van der Waals surface area contributed by atoms with Gasteiger partial charge in [0.15, 0.2) is 69.1 Å². The van der Waals surface area contributed by atoms with Crippen molar-refractivity contribution in [2.24, 2.45) is 23.3 Å². The third kappa shape index (κ3) is 36.9. The number of phenols is 8. The minimum Gasteiger partial charge on any atom is -0.504 e. The second-order valence-corrected chi connectivity index (χ2v) is 26.3. The Labute approximate surface area is 612 Å². The molecule has 0 radical (unpaired) electrons. The van der Waals surface area contributed by atoms with Crippen molar-refractivity contribution >= 4 is 34.9 Å². The number of nitrogens with zero attached hydrogens (tertiary/aromatic N) is 4. The van der Waals surface area contributed by atoms with E-state index < -0.39 is 47.3 Å². The molecule has 2 amide bonds. The number of ether oxygens (including phenoxy) is 4. The molecule has 582 valence electrons. The Morgan fingerprint density at radius 1 is 0.404 bits per heavy atom. The topological polar surface area (TPSA) is 426 Å². The largest absolute Gasteiger partial charge is 0.504 e. The Balaban J connectivity index is 1.50. The maximum atomic E-state index is 14.4. The number of benzene rings is 4. The van der Waals surface area contributed by atoms with Gasteiger partial charge in [-0.1, -0.05) is 37.6 Å². The number of phenolic OH excluding ortho intramolecular Hbond substituents is 8. The Bertz CT molecular complexity index is 3170. The second-order valence-electron chi connectivity index (χ2n) is 26.3. The van der Waals surface area contributed by atoms with Crippen LogP contribution >= 0.6 is 0 Å². The first-order valence-corrected chi connectivity index (χ1v) is 36.3. The van der Waals surface area contributed by atoms with Crippen LogP contribution in [0.4, 0.5) is 0 Å². The Morgan fingerprint density at radius 2 is 0.721 bits per heavy atom. The van der Waals surface area contributed by atoms with Crippen molar-refractivity contribution in [3.8, 4) is 46.0 Å². The average Bonchev–Trinajstić information content (AvgIpc) is 0.834. The quantitative estimate of drug-likeness (QED) is 0.0222. The minimum absolute atomic E-state index is 0.00762. The molecule has 0 fully saturated rings. The van der Waals surface area contributed by atoms with Crippen LogP contribution in [0.5, 0.6) is 46.0 Å². The van der Waals surface area contributed by atoms with Crippen LogP contribution in [0.2, 0.25) is 0 Å². The molecule has 17 N–H and O–H groups in total. The van der Waals surface area contributed by atoms with Gasteiger partial charge in [-0.05, 0) is 142 Å². The number of ketones is 4. The van der Waals surface area contributed by atoms with Gasteiger partial charge in [0.2, 0.25) is 11.8 Å². The molecule has 0 saturated heterocycles. The van der Waals surface area contributed by atoms with Gasteiger partial charge in [0.05, 0.1) is 38.5 Å². The van der Waals surface area contributed by atoms with E-state index in [2.05, 4.69) is 53.1 Å². The highest BCUT2D eigenvalue weighted by Crippen LogP contribution is 2.30. The molecular weight excluding hydrogens is 1340 g/mol. The number of nitrogens with one attached hydrogen (secondary N) is 5. The molecule has 0 spiro atoms. The molecule has 104 heavy (non-hydrogen) atoms. The number of carbonyl (C=O) groups is 6. The highest BCUT2D eigenvalue weighted by atomic mass is 16.5. The van der Waals surface area contributed by atoms with Crippen molar-refractivity contribution in [1.82, 2.24) is 46.2 Å². The lowest BCUT2D eigenvalue weighted by molar-refractivity contribution is -0.130. The molecule has 4 aromatic rings. The number of aromatic hydroxyl groups is 8. The Kier molecular flexibility index (Phi) is 44.0. The van der Waals surface area contributed by atoms with Gasteiger partial charge >= 0.3 is 0 Å². The molecule has 4 rings (SSSR count). The number of rotatable bonds is 61. The molecule has 0 aliphatic rings. The fourth-order valence-corrected chi connectivity index (χ4v) is 11.6. The lowest BCUT2D eigenvalue weighted by atomic mass is 9.90. The van der Waals surface area contributed by atoms with Crippen LogP contribution in [0, 0.1) is 11.8 Å². The fourth-order valence-electron chi connectivity index (χ4n) is 11.6. The summed E-state index contributed by atoms with van der Waals surface area (Å²) in [6, 6.07) is 14.7. The molecular formula is C75H119N11O18. The SMILES string of the molecule is CCCCN(CCCC(=O)COCCOC)CCNCCN(CCCC(=O)COCCOC)CCN(CCNCCN(CCNC)CCNC(=O)C(CC(=O)C(N)Cc1ccc(O)c(O)c1)Cc1ccc(O)c(O)c1)CCNC(=O)C(CC(=O)C(N)Cc1ccc(O)c(O)c1)Cc1ccc(O)c(O)c1. The van der Waals surface area contributed by atoms with E-state index in [1.165, 1.54) is 48.5 Å². The standard InChI is InChI=1S/C75H119N11O18/c1-5-6-26-83(27-7-9-60(87)52-103-40-38-101-3)30-20-79-21-31-84(28-8-10-61(88)53-104-41-39-102-4)36-37-86(35-25-82-75(100)59(43-55-12-16-65(90)71(96)47-55)51-69(94)63(77)45-57-14-18-67(92)73(98)49-57)33-23-80-22-32-85(29-19-78-2)34-24-81-74(99)58(42-54-11-15-64(89)70(95)46-54)50-68(93)62(76)44-56-13-17-66(91)72(97)48-56/h11-18,46-49,58-59,62-63,78-80,89-92,95-98H,5-10,19-45,50-53,76-77H2,1-4H3,(H,81,99)(H,82,100). The van der Waals surface area contributed by atoms with Gasteiger partial charge in [-0.2, -0.15) is 0 Å². The van der Waals surface area contributed by atoms with E-state index in [0.29, 0.717) is 153 Å². The summed E-state index contributed by atoms with van der Waals surface area (Å²) in [5.74, 6) is -6.26. The number of unbranched alkanes of at least 4 members (excludes halogenated alkanes) is 1. The van der Waals surface area contributed by atoms with Crippen LogP contribution in [0.25, 0.3) is 0 Å². The third-order valence-electron chi connectivity index (χ3n) is 17.9. The van der Waals surface area contributed by atoms with Crippen molar-refractivity contribution in [1.29, 1.82) is 0 Å². The smallest absolute Gasteiger partial charge is 0.223 e. The van der Waals surface area contributed by atoms with Crippen LogP contribution < -0.4 is 38.1 Å². The van der Waals surface area contributed by atoms with Gasteiger partial charge in [-0.3, -0.25) is 38.6 Å². The Hall–Kier alpha value is -7.62. The number of hydrogen-bond acceptors (Lipinski definition) is 27. The number of carbonyl (C=O) groups excluding carboxylic acids is 6. The Morgan fingerprint density at radius 3 is 1.07 bits per heavy atom. The van der Waals surface area contributed by atoms with Gasteiger partial charge in [-0.15, -0.1) is 0 Å². The summed E-state index contributed by atoms with van der Waals surface area (Å²) < 4.78 is 21.0. The summed E-state index contributed by atoms with van der Waals surface area (Å²) in [5.41, 5.74) is 14.8. The second kappa shape index (κ2) is 51.5. The predicted octanol–water partition coefficient (Wildman–Crippen LogP) is 2.07. The molecule has 0 saturated carbocycles. The molecule has 29 nitrogen and oxygen atoms in total. The number of hydrogen-bond donors (Lipinski definition) is 15. The number of Topliss-reactive ketones (excluding diaryl/α,β-unsaturated/α-hetero) is 4. The molecule has 4 atom stereocenters. The normalized spacial score (nSPS) is 12.8. The molecule has 0 bridgehead atoms. The molecule has 0 aromatic heterocycles. The fraction of sp³-hybridized carbons (Fsp3) is 0.600. The van der Waals surface area contributed by atoms with E-state index in [1.807, 2.05) is 7.05 Å². The van der Waals surface area contributed by atoms with Crippen LogP contribution in [-0.4, -0.2) is 293 Å². The average molecular weight is 1460 g/mol. The van der Waals surface area contributed by atoms with E-state index in [4.69, 9.17) is 30.4 Å². The van der Waals surface area contributed by atoms with Crippen LogP contribution in [0.1, 0.15) is 80.5 Å². The van der Waals surface area contributed by atoms with Gasteiger partial charge in [0, 0.05) is 156 Å². The molecule has 0 aliphatic heterocycles. The monoisotopic (exact) mass is 1460 g/mol. The van der Waals surface area contributed by atoms with E-state index >= 15 is 0 Å². The molecule has 0 aliphatic carbocycles. The van der Waals surface area contributed by atoms with Gasteiger partial charge < -0.3 is 108 Å². The number of methoxy groups -OCH3 is 2. The number of nitrogens with two attached hydrogens (primary N) is 2. The highest BCUT2D eigenvalue weighted by molar-refractivity contribution is 5.91. The number of likely N-dealkylation sites (N-methyl/N-ethyl adjacent to an activating group) is 1. The summed E-state index contributed by atoms with van der Waals surface area (Å²) >= 11 is 0. The van der Waals surface area contributed by atoms with Crippen LogP contribution in [0.15, 0.2) is 72.8 Å². The molecule has 4 unspecified atom stereocenters. The molecule has 0 heterocycles. The van der Waals surface area contributed by atoms with Gasteiger partial charge in [0.1, 0.15) is 13.2 Å². The first kappa shape index (κ1) is 88.8. The summed E-state index contributed by atoms with van der Waals surface area (Å²) in [4.78, 5) is 90.4. The minimum atomic E-state index is -1.06. The van der Waals surface area contributed by atoms with Crippen LogP contribution in [-0.2, 0) is 73.4 Å². The first-order valence-electron chi connectivity index (χ1n) is 36.3. The van der Waals surface area contributed by atoms with E-state index in [9.17, 15) is 69.6 Å². The van der Waals surface area contributed by atoms with E-state index in [-0.39, 0.29) is 122 Å². The zero-order chi connectivity index (χ0) is 76.0. The summed E-state index contributed by atoms with van der Waals surface area (Å²) in [5, 5.41) is 97.1. The molecule has 29 heteroatoms. The van der Waals surface area contributed by atoms with Crippen LogP contribution in [0.3, 0.4) is 0 Å². The lowest BCUT2D eigenvalue weighted by Crippen LogP contribution is -2.46. The van der Waals surface area contributed by atoms with Crippen molar-refractivity contribution in [3.05, 3.63) is 95.1 Å². The summed E-state index contributed by atoms with van der Waals surface area (Å²) in [7, 11) is 5.00. The van der Waals surface area contributed by atoms with Crippen molar-refractivity contribution in [2.45, 2.75) is 96.1 Å². The maximum absolute atomic E-state index is 14.4. The van der Waals surface area contributed by atoms with Crippen molar-refractivity contribution in [2.75, 3.05) is 185 Å². The third-order valence-corrected chi connectivity index (χ3v) is 17.9. The van der Waals surface area contributed by atoms with Crippen molar-refractivity contribution < 1.29 is 88.6 Å².